The normalized spacial score (nSPS) is 17.1. The minimum Gasteiger partial charge on any atom is -0.380 e. The van der Waals surface area contributed by atoms with Crippen LogP contribution in [0.15, 0.2) is 18.3 Å². The van der Waals surface area contributed by atoms with Crippen molar-refractivity contribution in [3.05, 3.63) is 24.0 Å². The summed E-state index contributed by atoms with van der Waals surface area (Å²) in [5.74, 6) is 0. The van der Waals surface area contributed by atoms with Gasteiger partial charge in [-0.15, -0.1) is 0 Å². The van der Waals surface area contributed by atoms with Crippen molar-refractivity contribution in [1.29, 1.82) is 0 Å². The van der Waals surface area contributed by atoms with Gasteiger partial charge in [0.2, 0.25) is 0 Å². The molecule has 3 heteroatoms. The third kappa shape index (κ3) is 1.56. The maximum Gasteiger partial charge on any atom is 0.0510 e. The molecule has 1 aromatic rings. The molecular formula is C9H13N3. The maximum absolute atomic E-state index is 4.14. The van der Waals surface area contributed by atoms with Crippen molar-refractivity contribution in [1.82, 2.24) is 10.3 Å². The highest BCUT2D eigenvalue weighted by Gasteiger charge is 2.15. The lowest BCUT2D eigenvalue weighted by molar-refractivity contribution is 0.472. The van der Waals surface area contributed by atoms with Crippen molar-refractivity contribution in [2.75, 3.05) is 18.4 Å². The Labute approximate surface area is 72.2 Å². The molecule has 2 N–H and O–H groups in total. The predicted octanol–water partition coefficient (Wildman–Crippen LogP) is 0.774. The van der Waals surface area contributed by atoms with Gasteiger partial charge in [-0.2, -0.15) is 0 Å². The lowest BCUT2D eigenvalue weighted by atomic mass is 10.1. The van der Waals surface area contributed by atoms with Crippen molar-refractivity contribution < 1.29 is 0 Å². The maximum atomic E-state index is 4.14. The summed E-state index contributed by atoms with van der Waals surface area (Å²) in [6.07, 6.45) is 1.84. The predicted molar refractivity (Wildman–Crippen MR) is 49.3 cm³/mol. The largest absolute Gasteiger partial charge is 0.380 e. The summed E-state index contributed by atoms with van der Waals surface area (Å²) in [5, 5.41) is 6.63. The van der Waals surface area contributed by atoms with Gasteiger partial charge in [0.05, 0.1) is 6.04 Å². The molecule has 0 amide bonds. The number of nitrogens with one attached hydrogen (secondary N) is 2. The summed E-state index contributed by atoms with van der Waals surface area (Å²) in [4.78, 5) is 4.14. The standard InChI is InChI=1S/C9H13N3/c1-7-4-8(2-3-11-7)12-9-5-10-6-9/h2-4,9-10H,5-6H2,1H3,(H,11,12). The van der Waals surface area contributed by atoms with Gasteiger partial charge in [0, 0.05) is 30.7 Å². The molecule has 0 aliphatic carbocycles. The van der Waals surface area contributed by atoms with Crippen LogP contribution >= 0.6 is 0 Å². The van der Waals surface area contributed by atoms with Crippen LogP contribution in [0.3, 0.4) is 0 Å². The van der Waals surface area contributed by atoms with Crippen LogP contribution in [-0.4, -0.2) is 24.1 Å². The van der Waals surface area contributed by atoms with E-state index >= 15 is 0 Å². The Balaban J connectivity index is 2.02. The minimum atomic E-state index is 0.604. The van der Waals surface area contributed by atoms with E-state index in [9.17, 15) is 0 Å². The molecule has 0 bridgehead atoms. The van der Waals surface area contributed by atoms with Gasteiger partial charge >= 0.3 is 0 Å². The number of hydrogen-bond acceptors (Lipinski definition) is 3. The van der Waals surface area contributed by atoms with E-state index in [-0.39, 0.29) is 0 Å². The van der Waals surface area contributed by atoms with Gasteiger partial charge in [-0.3, -0.25) is 4.98 Å². The molecule has 1 aromatic heterocycles. The Morgan fingerprint density at radius 1 is 1.58 bits per heavy atom. The van der Waals surface area contributed by atoms with Crippen molar-refractivity contribution >= 4 is 5.69 Å². The Hall–Kier alpha value is -1.09. The second kappa shape index (κ2) is 3.11. The molecule has 0 radical (unpaired) electrons. The molecule has 0 unspecified atom stereocenters. The lowest BCUT2D eigenvalue weighted by Crippen LogP contribution is -2.51. The fourth-order valence-electron chi connectivity index (χ4n) is 1.26. The van der Waals surface area contributed by atoms with Crippen molar-refractivity contribution in [3.8, 4) is 0 Å². The number of aryl methyl sites for hydroxylation is 1. The molecule has 0 saturated carbocycles. The van der Waals surface area contributed by atoms with E-state index in [1.54, 1.807) is 0 Å². The van der Waals surface area contributed by atoms with E-state index in [1.165, 1.54) is 5.69 Å². The smallest absolute Gasteiger partial charge is 0.0510 e. The molecule has 1 saturated heterocycles. The first-order valence-electron chi connectivity index (χ1n) is 4.24. The second-order valence-corrected chi connectivity index (χ2v) is 3.19. The van der Waals surface area contributed by atoms with Crippen molar-refractivity contribution in [3.63, 3.8) is 0 Å². The average Bonchev–Trinajstić information content (AvgIpc) is 1.97. The van der Waals surface area contributed by atoms with Gasteiger partial charge in [0.1, 0.15) is 0 Å². The number of pyridine rings is 1. The molecule has 0 aromatic carbocycles. The van der Waals surface area contributed by atoms with Crippen LogP contribution in [-0.2, 0) is 0 Å². The Bertz CT molecular complexity index is 268. The van der Waals surface area contributed by atoms with Gasteiger partial charge in [-0.1, -0.05) is 0 Å². The van der Waals surface area contributed by atoms with Crippen LogP contribution in [0.2, 0.25) is 0 Å². The Kier molecular flexibility index (Phi) is 1.96. The molecule has 64 valence electrons. The van der Waals surface area contributed by atoms with Crippen LogP contribution in [0.5, 0.6) is 0 Å². The minimum absolute atomic E-state index is 0.604. The highest BCUT2D eigenvalue weighted by Crippen LogP contribution is 2.09. The summed E-state index contributed by atoms with van der Waals surface area (Å²) in [7, 11) is 0. The average molecular weight is 163 g/mol. The highest BCUT2D eigenvalue weighted by atomic mass is 15.1. The van der Waals surface area contributed by atoms with E-state index in [1.807, 2.05) is 19.2 Å². The van der Waals surface area contributed by atoms with Gasteiger partial charge < -0.3 is 10.6 Å². The zero-order valence-corrected chi connectivity index (χ0v) is 7.17. The molecule has 1 fully saturated rings. The van der Waals surface area contributed by atoms with E-state index in [4.69, 9.17) is 0 Å². The number of rotatable bonds is 2. The zero-order valence-electron chi connectivity index (χ0n) is 7.17. The first-order valence-corrected chi connectivity index (χ1v) is 4.24. The van der Waals surface area contributed by atoms with Gasteiger partial charge in [-0.05, 0) is 19.1 Å². The third-order valence-corrected chi connectivity index (χ3v) is 2.05. The third-order valence-electron chi connectivity index (χ3n) is 2.05. The van der Waals surface area contributed by atoms with E-state index in [0.717, 1.165) is 18.8 Å². The van der Waals surface area contributed by atoms with Crippen LogP contribution in [0.4, 0.5) is 5.69 Å². The van der Waals surface area contributed by atoms with Crippen molar-refractivity contribution in [2.24, 2.45) is 0 Å². The van der Waals surface area contributed by atoms with Crippen LogP contribution in [0.1, 0.15) is 5.69 Å². The monoisotopic (exact) mass is 163 g/mol. The molecule has 0 spiro atoms. The zero-order chi connectivity index (χ0) is 8.39. The number of anilines is 1. The van der Waals surface area contributed by atoms with E-state index in [0.29, 0.717) is 6.04 Å². The SMILES string of the molecule is Cc1cc(NC2CNC2)ccn1. The van der Waals surface area contributed by atoms with Gasteiger partial charge in [0.15, 0.2) is 0 Å². The highest BCUT2D eigenvalue weighted by molar-refractivity contribution is 5.44. The van der Waals surface area contributed by atoms with Gasteiger partial charge in [0.25, 0.3) is 0 Å². The molecule has 2 heterocycles. The van der Waals surface area contributed by atoms with E-state index < -0.39 is 0 Å². The molecule has 0 atom stereocenters. The number of aromatic nitrogens is 1. The van der Waals surface area contributed by atoms with Crippen molar-refractivity contribution in [2.45, 2.75) is 13.0 Å². The molecule has 2 rings (SSSR count). The topological polar surface area (TPSA) is 37.0 Å². The summed E-state index contributed by atoms with van der Waals surface area (Å²) < 4.78 is 0. The number of nitrogens with zero attached hydrogens (tertiary/aromatic N) is 1. The fourth-order valence-corrected chi connectivity index (χ4v) is 1.26. The summed E-state index contributed by atoms with van der Waals surface area (Å²) >= 11 is 0. The Morgan fingerprint density at radius 3 is 3.00 bits per heavy atom. The van der Waals surface area contributed by atoms with Crippen LogP contribution < -0.4 is 10.6 Å². The molecule has 3 nitrogen and oxygen atoms in total. The molecule has 12 heavy (non-hydrogen) atoms. The first-order chi connectivity index (χ1) is 5.84. The van der Waals surface area contributed by atoms with Crippen LogP contribution in [0, 0.1) is 6.92 Å². The summed E-state index contributed by atoms with van der Waals surface area (Å²) in [5.41, 5.74) is 2.24. The van der Waals surface area contributed by atoms with E-state index in [2.05, 4.69) is 21.7 Å². The molecular weight excluding hydrogens is 150 g/mol. The Morgan fingerprint density at radius 2 is 2.42 bits per heavy atom. The summed E-state index contributed by atoms with van der Waals surface area (Å²) in [6, 6.07) is 4.68. The summed E-state index contributed by atoms with van der Waals surface area (Å²) in [6.45, 7) is 4.15. The fraction of sp³-hybridized carbons (Fsp3) is 0.444. The quantitative estimate of drug-likeness (QED) is 0.676. The van der Waals surface area contributed by atoms with Crippen LogP contribution in [0.25, 0.3) is 0 Å². The lowest BCUT2D eigenvalue weighted by Gasteiger charge is -2.28. The molecule has 1 aliphatic heterocycles. The second-order valence-electron chi connectivity index (χ2n) is 3.19. The van der Waals surface area contributed by atoms with Gasteiger partial charge in [-0.25, -0.2) is 0 Å². The number of hydrogen-bond donors (Lipinski definition) is 2. The first kappa shape index (κ1) is 7.55. The molecule has 1 aliphatic rings.